The van der Waals surface area contributed by atoms with E-state index in [1.54, 1.807) is 0 Å². The molecule has 57 heavy (non-hydrogen) atoms. The number of aliphatic hydroxyl groups is 1. The number of amides is 1. The van der Waals surface area contributed by atoms with E-state index in [4.69, 9.17) is 9.05 Å². The van der Waals surface area contributed by atoms with E-state index >= 15 is 0 Å². The highest BCUT2D eigenvalue weighted by Gasteiger charge is 2.28. The fourth-order valence-corrected chi connectivity index (χ4v) is 7.55. The minimum atomic E-state index is -4.35. The average molecular weight is 826 g/mol. The monoisotopic (exact) mass is 826 g/mol. The summed E-state index contributed by atoms with van der Waals surface area (Å²) in [5, 5.41) is 13.8. The van der Waals surface area contributed by atoms with Crippen LogP contribution in [0, 0.1) is 0 Å². The van der Waals surface area contributed by atoms with E-state index in [1.807, 2.05) is 39.4 Å². The Morgan fingerprint density at radius 2 is 1.00 bits per heavy atom. The number of nitrogens with zero attached hydrogens (tertiary/aromatic N) is 1. The predicted molar refractivity (Wildman–Crippen MR) is 244 cm³/mol. The van der Waals surface area contributed by atoms with E-state index in [1.165, 1.54) is 161 Å². The molecule has 0 fully saturated rings. The fraction of sp³-hybridized carbons (Fsp3) is 0.854. The van der Waals surface area contributed by atoms with Crippen molar-refractivity contribution < 1.29 is 32.9 Å². The van der Waals surface area contributed by atoms with Gasteiger partial charge in [0.2, 0.25) is 5.91 Å². The number of phosphoric acid groups is 1. The molecule has 0 aliphatic rings. The molecule has 3 atom stereocenters. The van der Waals surface area contributed by atoms with Crippen molar-refractivity contribution in [3.63, 3.8) is 0 Å². The van der Waals surface area contributed by atoms with Crippen LogP contribution in [-0.4, -0.2) is 73.4 Å². The molecule has 0 radical (unpaired) electrons. The third kappa shape index (κ3) is 42.6. The molecule has 1 amide bonds. The molecule has 1 unspecified atom stereocenters. The van der Waals surface area contributed by atoms with Crippen LogP contribution in [0.3, 0.4) is 0 Å². The number of hydrogen-bond acceptors (Lipinski definition) is 5. The summed E-state index contributed by atoms with van der Waals surface area (Å²) in [7, 11) is 1.54. The maximum atomic E-state index is 12.8. The number of allylic oxidation sites excluding steroid dienone is 4. The van der Waals surface area contributed by atoms with E-state index < -0.39 is 20.0 Å². The number of likely N-dealkylation sites (N-methyl/N-ethyl adjacent to an activating group) is 1. The topological polar surface area (TPSA) is 105 Å². The standard InChI is InChI=1S/C48H93N2O6P/c1-6-8-10-12-14-16-18-20-21-22-23-24-25-26-27-28-30-32-34-36-38-40-42-48(52)49-46(45-56-57(53,54)55-44-43-50(3,4)5)47(51)41-39-37-35-33-31-29-19-17-15-13-11-9-7-2/h32,34,37-40,46-47,51H,6-31,33,35-36,41-45H2,1-5H3,(H-,49,52,53,54)/p+1/t46-,47+/m0/s1. The maximum absolute atomic E-state index is 12.8. The minimum absolute atomic E-state index is 0.0529. The molecular formula is C48H94N2O6P+. The third-order valence-corrected chi connectivity index (χ3v) is 11.6. The summed E-state index contributed by atoms with van der Waals surface area (Å²) in [4.78, 5) is 23.1. The molecule has 0 aliphatic heterocycles. The third-order valence-electron chi connectivity index (χ3n) is 10.6. The lowest BCUT2D eigenvalue weighted by Crippen LogP contribution is -2.46. The summed E-state index contributed by atoms with van der Waals surface area (Å²) >= 11 is 0. The second kappa shape index (κ2) is 40.1. The second-order valence-electron chi connectivity index (χ2n) is 17.5. The number of carbonyl (C=O) groups is 1. The van der Waals surface area contributed by atoms with Gasteiger partial charge in [0.05, 0.1) is 39.9 Å². The molecule has 0 saturated heterocycles. The largest absolute Gasteiger partial charge is 0.472 e. The number of aliphatic hydroxyl groups excluding tert-OH is 1. The van der Waals surface area contributed by atoms with Gasteiger partial charge in [-0.25, -0.2) is 4.57 Å². The van der Waals surface area contributed by atoms with Gasteiger partial charge in [0.15, 0.2) is 0 Å². The summed E-state index contributed by atoms with van der Waals surface area (Å²) < 4.78 is 23.5. The summed E-state index contributed by atoms with van der Waals surface area (Å²) in [5.41, 5.74) is 0. The highest BCUT2D eigenvalue weighted by atomic mass is 31.2. The van der Waals surface area contributed by atoms with Crippen molar-refractivity contribution in [3.05, 3.63) is 36.5 Å². The number of carbonyl (C=O) groups excluding carboxylic acids is 1. The first-order valence-corrected chi connectivity index (χ1v) is 25.3. The number of quaternary nitrogens is 1. The zero-order valence-corrected chi connectivity index (χ0v) is 39.0. The summed E-state index contributed by atoms with van der Waals surface area (Å²) in [6, 6.07) is -0.852. The quantitative estimate of drug-likeness (QED) is 0.0245. The lowest BCUT2D eigenvalue weighted by atomic mass is 10.0. The second-order valence-corrected chi connectivity index (χ2v) is 19.0. The number of nitrogens with one attached hydrogen (secondary N) is 1. The Morgan fingerprint density at radius 3 is 1.44 bits per heavy atom. The van der Waals surface area contributed by atoms with Crippen molar-refractivity contribution in [1.29, 1.82) is 0 Å². The molecule has 0 bridgehead atoms. The van der Waals surface area contributed by atoms with Crippen molar-refractivity contribution in [3.8, 4) is 0 Å². The molecule has 0 saturated carbocycles. The van der Waals surface area contributed by atoms with Gasteiger partial charge in [0.25, 0.3) is 0 Å². The molecule has 0 aromatic heterocycles. The Hall–Kier alpha value is -1.28. The highest BCUT2D eigenvalue weighted by Crippen LogP contribution is 2.43. The van der Waals surface area contributed by atoms with Crippen LogP contribution in [0.5, 0.6) is 0 Å². The first-order valence-electron chi connectivity index (χ1n) is 23.9. The van der Waals surface area contributed by atoms with Gasteiger partial charge in [-0.15, -0.1) is 0 Å². The number of unbranched alkanes of at least 4 members (excludes halogenated alkanes) is 26. The number of rotatable bonds is 43. The van der Waals surface area contributed by atoms with Crippen LogP contribution >= 0.6 is 7.82 Å². The first-order chi connectivity index (χ1) is 27.5. The molecule has 0 aliphatic carbocycles. The minimum Gasteiger partial charge on any atom is -0.391 e. The Morgan fingerprint density at radius 1 is 0.596 bits per heavy atom. The summed E-state index contributed by atoms with van der Waals surface area (Å²) in [6.45, 7) is 4.79. The van der Waals surface area contributed by atoms with Crippen molar-refractivity contribution >= 4 is 13.7 Å². The van der Waals surface area contributed by atoms with Gasteiger partial charge < -0.3 is 19.8 Å². The van der Waals surface area contributed by atoms with Gasteiger partial charge in [-0.05, 0) is 38.5 Å². The van der Waals surface area contributed by atoms with Gasteiger partial charge in [0.1, 0.15) is 13.2 Å². The Balaban J connectivity index is 4.38. The molecule has 336 valence electrons. The van der Waals surface area contributed by atoms with E-state index in [9.17, 15) is 19.4 Å². The van der Waals surface area contributed by atoms with Crippen LogP contribution in [0.2, 0.25) is 0 Å². The normalized spacial score (nSPS) is 14.6. The Labute approximate surface area is 353 Å². The molecule has 0 aromatic rings. The molecule has 0 rings (SSSR count). The SMILES string of the molecule is CCCCCCCCCCCCC=CC[C@@H](O)[C@H](COP(=O)(O)OCC[N+](C)(C)C)NC(=O)CC=CCC=CCCCCCCCCCCCCCCCCCC. The van der Waals surface area contributed by atoms with Crippen molar-refractivity contribution in [1.82, 2.24) is 5.32 Å². The molecule has 9 heteroatoms. The van der Waals surface area contributed by atoms with E-state index in [-0.39, 0.29) is 25.5 Å². The zero-order valence-electron chi connectivity index (χ0n) is 38.1. The van der Waals surface area contributed by atoms with Gasteiger partial charge in [-0.1, -0.05) is 204 Å². The van der Waals surface area contributed by atoms with Gasteiger partial charge >= 0.3 is 7.82 Å². The lowest BCUT2D eigenvalue weighted by molar-refractivity contribution is -0.870. The van der Waals surface area contributed by atoms with Crippen LogP contribution in [0.4, 0.5) is 0 Å². The number of hydrogen-bond donors (Lipinski definition) is 3. The van der Waals surface area contributed by atoms with Crippen LogP contribution in [0.25, 0.3) is 0 Å². The summed E-state index contributed by atoms with van der Waals surface area (Å²) in [5.74, 6) is -0.274. The molecule has 8 nitrogen and oxygen atoms in total. The fourth-order valence-electron chi connectivity index (χ4n) is 6.81. The van der Waals surface area contributed by atoms with E-state index in [2.05, 4.69) is 37.4 Å². The zero-order chi connectivity index (χ0) is 42.1. The molecular weight excluding hydrogens is 732 g/mol. The molecule has 0 spiro atoms. The number of phosphoric ester groups is 1. The lowest BCUT2D eigenvalue weighted by Gasteiger charge is -2.26. The van der Waals surface area contributed by atoms with Crippen LogP contribution < -0.4 is 5.32 Å². The molecule has 3 N–H and O–H groups in total. The highest BCUT2D eigenvalue weighted by molar-refractivity contribution is 7.47. The van der Waals surface area contributed by atoms with Gasteiger partial charge in [-0.3, -0.25) is 13.8 Å². The summed E-state index contributed by atoms with van der Waals surface area (Å²) in [6.07, 6.45) is 49.5. The van der Waals surface area contributed by atoms with Crippen molar-refractivity contribution in [2.24, 2.45) is 0 Å². The van der Waals surface area contributed by atoms with Crippen LogP contribution in [0.1, 0.15) is 213 Å². The van der Waals surface area contributed by atoms with Crippen molar-refractivity contribution in [2.45, 2.75) is 225 Å². The Kier molecular flexibility index (Phi) is 39.2. The Bertz CT molecular complexity index is 1030. The van der Waals surface area contributed by atoms with Crippen LogP contribution in [0.15, 0.2) is 36.5 Å². The van der Waals surface area contributed by atoms with Gasteiger partial charge in [0, 0.05) is 6.42 Å². The van der Waals surface area contributed by atoms with Gasteiger partial charge in [-0.2, -0.15) is 0 Å². The molecule has 0 aromatic carbocycles. The smallest absolute Gasteiger partial charge is 0.391 e. The first kappa shape index (κ1) is 55.7. The van der Waals surface area contributed by atoms with Crippen molar-refractivity contribution in [2.75, 3.05) is 40.9 Å². The average Bonchev–Trinajstić information content (AvgIpc) is 3.16. The predicted octanol–water partition coefficient (Wildman–Crippen LogP) is 13.5. The van der Waals surface area contributed by atoms with E-state index in [0.717, 1.165) is 25.7 Å². The maximum Gasteiger partial charge on any atom is 0.472 e. The van der Waals surface area contributed by atoms with Crippen LogP contribution in [-0.2, 0) is 18.4 Å². The van der Waals surface area contributed by atoms with E-state index in [0.29, 0.717) is 17.4 Å². The molecule has 0 heterocycles.